The molecule has 0 bridgehead atoms. The van der Waals surface area contributed by atoms with Crippen LogP contribution in [-0.2, 0) is 6.18 Å². The molecule has 0 unspecified atom stereocenters. The van der Waals surface area contributed by atoms with Gasteiger partial charge in [-0.2, -0.15) is 13.2 Å². The second-order valence-electron chi connectivity index (χ2n) is 8.69. The van der Waals surface area contributed by atoms with Gasteiger partial charge in [0.25, 0.3) is 11.8 Å². The number of thiocarbonyl (C=S) groups is 1. The first-order chi connectivity index (χ1) is 17.9. The third-order valence-corrected chi connectivity index (χ3v) is 5.89. The van der Waals surface area contributed by atoms with Gasteiger partial charge in [0.1, 0.15) is 5.75 Å². The average Bonchev–Trinajstić information content (AvgIpc) is 2.84. The van der Waals surface area contributed by atoms with Crippen molar-refractivity contribution in [2.45, 2.75) is 26.4 Å². The first-order valence-electron chi connectivity index (χ1n) is 11.6. The van der Waals surface area contributed by atoms with E-state index in [9.17, 15) is 22.8 Å². The van der Waals surface area contributed by atoms with E-state index in [0.717, 1.165) is 18.6 Å². The summed E-state index contributed by atoms with van der Waals surface area (Å²) in [5.74, 6) is -0.230. The summed E-state index contributed by atoms with van der Waals surface area (Å²) >= 11 is 8.63. The van der Waals surface area contributed by atoms with Crippen molar-refractivity contribution in [3.63, 3.8) is 0 Å². The van der Waals surface area contributed by atoms with Crippen LogP contribution in [0, 0.1) is 5.92 Å². The molecule has 0 atom stereocenters. The number of nitrogens with one attached hydrogen (secondary N) is 3. The van der Waals surface area contributed by atoms with Gasteiger partial charge in [-0.15, -0.1) is 0 Å². The topological polar surface area (TPSA) is 79.5 Å². The predicted octanol–water partition coefficient (Wildman–Crippen LogP) is 7.27. The minimum atomic E-state index is -4.53. The largest absolute Gasteiger partial charge is 0.493 e. The summed E-state index contributed by atoms with van der Waals surface area (Å²) in [4.78, 5) is 25.5. The van der Waals surface area contributed by atoms with E-state index in [-0.39, 0.29) is 16.4 Å². The first-order valence-corrected chi connectivity index (χ1v) is 12.8. The summed E-state index contributed by atoms with van der Waals surface area (Å²) in [6.07, 6.45) is -3.70. The Hall–Kier alpha value is -3.44. The molecule has 0 aliphatic carbocycles. The van der Waals surface area contributed by atoms with Crippen molar-refractivity contribution in [1.82, 2.24) is 5.32 Å². The molecule has 0 heterocycles. The van der Waals surface area contributed by atoms with Crippen LogP contribution in [0.5, 0.6) is 5.75 Å². The number of rotatable bonds is 8. The van der Waals surface area contributed by atoms with Gasteiger partial charge < -0.3 is 15.4 Å². The molecule has 3 N–H and O–H groups in total. The molecule has 3 rings (SSSR count). The standard InChI is InChI=1S/C27H25BrF3N3O3S/c1-16(2)11-12-37-23-10-9-19(28)15-22(23)25(36)34-26(38)33-20-7-3-5-17(13-20)24(35)32-21-8-4-6-18(14-21)27(29,30)31/h3-10,13-16H,11-12H2,1-2H3,(H,32,35)(H2,33,34,36,38). The Labute approximate surface area is 232 Å². The van der Waals surface area contributed by atoms with Crippen LogP contribution in [0.1, 0.15) is 46.5 Å². The van der Waals surface area contributed by atoms with Crippen LogP contribution in [0.4, 0.5) is 24.5 Å². The van der Waals surface area contributed by atoms with E-state index in [0.29, 0.717) is 34.0 Å². The van der Waals surface area contributed by atoms with Gasteiger partial charge in [-0.05, 0) is 79.2 Å². The van der Waals surface area contributed by atoms with Crippen LogP contribution in [-0.4, -0.2) is 23.5 Å². The van der Waals surface area contributed by atoms with Crippen molar-refractivity contribution < 1.29 is 27.5 Å². The fourth-order valence-corrected chi connectivity index (χ4v) is 3.83. The number of carbonyl (C=O) groups excluding carboxylic acids is 2. The molecule has 3 aromatic carbocycles. The van der Waals surface area contributed by atoms with Crippen LogP contribution in [0.3, 0.4) is 0 Å². The Kier molecular flexibility index (Phi) is 9.87. The SMILES string of the molecule is CC(C)CCOc1ccc(Br)cc1C(=O)NC(=S)Nc1cccc(C(=O)Nc2cccc(C(F)(F)F)c2)c1. The number of ether oxygens (including phenoxy) is 1. The lowest BCUT2D eigenvalue weighted by molar-refractivity contribution is -0.137. The Bertz CT molecular complexity index is 1330. The number of halogens is 4. The van der Waals surface area contributed by atoms with Gasteiger partial charge in [-0.1, -0.05) is 41.9 Å². The first kappa shape index (κ1) is 29.1. The maximum atomic E-state index is 13.0. The van der Waals surface area contributed by atoms with Crippen molar-refractivity contribution in [3.05, 3.63) is 87.9 Å². The van der Waals surface area contributed by atoms with Gasteiger partial charge in [0.05, 0.1) is 17.7 Å². The molecule has 0 aliphatic rings. The summed E-state index contributed by atoms with van der Waals surface area (Å²) in [5, 5.41) is 7.87. The average molecular weight is 608 g/mol. The zero-order valence-corrected chi connectivity index (χ0v) is 22.9. The van der Waals surface area contributed by atoms with Gasteiger partial charge in [0.15, 0.2) is 5.11 Å². The monoisotopic (exact) mass is 607 g/mol. The van der Waals surface area contributed by atoms with E-state index in [1.54, 1.807) is 30.3 Å². The quantitative estimate of drug-likeness (QED) is 0.235. The second-order valence-corrected chi connectivity index (χ2v) is 10.0. The second kappa shape index (κ2) is 12.9. The fourth-order valence-electron chi connectivity index (χ4n) is 3.26. The van der Waals surface area contributed by atoms with E-state index < -0.39 is 23.6 Å². The van der Waals surface area contributed by atoms with E-state index in [1.165, 1.54) is 24.3 Å². The number of hydrogen-bond acceptors (Lipinski definition) is 4. The fraction of sp³-hybridized carbons (Fsp3) is 0.222. The maximum absolute atomic E-state index is 13.0. The lowest BCUT2D eigenvalue weighted by atomic mass is 10.1. The minimum Gasteiger partial charge on any atom is -0.493 e. The van der Waals surface area contributed by atoms with Crippen molar-refractivity contribution in [2.24, 2.45) is 5.92 Å². The van der Waals surface area contributed by atoms with Gasteiger partial charge in [0, 0.05) is 21.4 Å². The molecule has 0 saturated carbocycles. The van der Waals surface area contributed by atoms with E-state index >= 15 is 0 Å². The highest BCUT2D eigenvalue weighted by Gasteiger charge is 2.30. The van der Waals surface area contributed by atoms with Crippen LogP contribution in [0.25, 0.3) is 0 Å². The molecule has 0 saturated heterocycles. The number of amides is 2. The molecule has 0 fully saturated rings. The zero-order valence-electron chi connectivity index (χ0n) is 20.5. The molecule has 0 radical (unpaired) electrons. The molecule has 6 nitrogen and oxygen atoms in total. The Morgan fingerprint density at radius 2 is 1.63 bits per heavy atom. The summed E-state index contributed by atoms with van der Waals surface area (Å²) in [7, 11) is 0. The summed E-state index contributed by atoms with van der Waals surface area (Å²) in [6, 6.07) is 15.6. The van der Waals surface area contributed by atoms with Crippen LogP contribution >= 0.6 is 28.1 Å². The summed E-state index contributed by atoms with van der Waals surface area (Å²) < 4.78 is 45.3. The number of benzene rings is 3. The summed E-state index contributed by atoms with van der Waals surface area (Å²) in [6.45, 7) is 4.61. The third kappa shape index (κ3) is 8.56. The highest BCUT2D eigenvalue weighted by Crippen LogP contribution is 2.31. The molecule has 200 valence electrons. The smallest absolute Gasteiger partial charge is 0.416 e. The summed E-state index contributed by atoms with van der Waals surface area (Å²) in [5.41, 5.74) is 0.00245. The van der Waals surface area contributed by atoms with Crippen molar-refractivity contribution in [3.8, 4) is 5.75 Å². The number of alkyl halides is 3. The van der Waals surface area contributed by atoms with Gasteiger partial charge in [0.2, 0.25) is 0 Å². The molecule has 3 aromatic rings. The highest BCUT2D eigenvalue weighted by molar-refractivity contribution is 9.10. The van der Waals surface area contributed by atoms with Crippen molar-refractivity contribution in [1.29, 1.82) is 0 Å². The predicted molar refractivity (Wildman–Crippen MR) is 149 cm³/mol. The molecule has 0 spiro atoms. The van der Waals surface area contributed by atoms with Crippen LogP contribution < -0.4 is 20.7 Å². The van der Waals surface area contributed by atoms with E-state index in [2.05, 4.69) is 45.7 Å². The maximum Gasteiger partial charge on any atom is 0.416 e. The van der Waals surface area contributed by atoms with Crippen molar-refractivity contribution >= 4 is 56.4 Å². The van der Waals surface area contributed by atoms with Crippen molar-refractivity contribution in [2.75, 3.05) is 17.2 Å². The number of hydrogen-bond donors (Lipinski definition) is 3. The molecule has 0 aromatic heterocycles. The molecular weight excluding hydrogens is 583 g/mol. The van der Waals surface area contributed by atoms with Gasteiger partial charge in [-0.25, -0.2) is 0 Å². The van der Waals surface area contributed by atoms with Crippen LogP contribution in [0.2, 0.25) is 0 Å². The zero-order chi connectivity index (χ0) is 27.9. The van der Waals surface area contributed by atoms with Gasteiger partial charge >= 0.3 is 6.18 Å². The third-order valence-electron chi connectivity index (χ3n) is 5.20. The van der Waals surface area contributed by atoms with E-state index in [1.807, 2.05) is 0 Å². The normalized spacial score (nSPS) is 11.1. The lowest BCUT2D eigenvalue weighted by Gasteiger charge is -2.14. The van der Waals surface area contributed by atoms with Gasteiger partial charge in [-0.3, -0.25) is 14.9 Å². The number of carbonyl (C=O) groups is 2. The van der Waals surface area contributed by atoms with E-state index in [4.69, 9.17) is 17.0 Å². The Morgan fingerprint density at radius 3 is 2.32 bits per heavy atom. The Balaban J connectivity index is 1.65. The molecule has 0 aliphatic heterocycles. The molecule has 2 amide bonds. The van der Waals surface area contributed by atoms with Crippen LogP contribution in [0.15, 0.2) is 71.2 Å². The lowest BCUT2D eigenvalue weighted by Crippen LogP contribution is -2.34. The highest BCUT2D eigenvalue weighted by atomic mass is 79.9. The number of anilines is 2. The molecular formula is C27H25BrF3N3O3S. The molecule has 38 heavy (non-hydrogen) atoms. The Morgan fingerprint density at radius 1 is 0.947 bits per heavy atom. The molecule has 11 heteroatoms. The minimum absolute atomic E-state index is 0.00594.